The summed E-state index contributed by atoms with van der Waals surface area (Å²) in [6.07, 6.45) is 1.50. The van der Waals surface area contributed by atoms with E-state index in [0.717, 1.165) is 23.3 Å². The van der Waals surface area contributed by atoms with Gasteiger partial charge in [0.05, 0.1) is 7.11 Å². The molecular weight excluding hydrogens is 266 g/mol. The van der Waals surface area contributed by atoms with Crippen molar-refractivity contribution in [3.8, 4) is 5.75 Å². The molecule has 4 heteroatoms. The molecule has 0 aliphatic heterocycles. The van der Waals surface area contributed by atoms with Crippen molar-refractivity contribution in [1.29, 1.82) is 0 Å². The van der Waals surface area contributed by atoms with Gasteiger partial charge >= 0.3 is 5.97 Å². The fraction of sp³-hybridized carbons (Fsp3) is 0.588. The van der Waals surface area contributed by atoms with E-state index in [-0.39, 0.29) is 5.41 Å². The second-order valence-corrected chi connectivity index (χ2v) is 6.68. The standard InChI is InChI=1S/C17H27NO3/c1-12-6-7-13(10-15(12)21-5)11-18-14(16(19)20)8-9-17(2,3)4/h6-7,10,14,18H,8-9,11H2,1-5H3,(H,19,20)/t14-/m0/s1. The third-order valence-corrected chi connectivity index (χ3v) is 3.51. The summed E-state index contributed by atoms with van der Waals surface area (Å²) in [6.45, 7) is 8.88. The largest absolute Gasteiger partial charge is 0.496 e. The number of rotatable bonds is 7. The first-order chi connectivity index (χ1) is 9.73. The zero-order valence-corrected chi connectivity index (χ0v) is 13.7. The average Bonchev–Trinajstić information content (AvgIpc) is 2.38. The Bertz CT molecular complexity index is 477. The molecule has 0 saturated heterocycles. The van der Waals surface area contributed by atoms with Crippen LogP contribution in [0, 0.1) is 12.3 Å². The van der Waals surface area contributed by atoms with E-state index in [2.05, 4.69) is 26.1 Å². The highest BCUT2D eigenvalue weighted by molar-refractivity contribution is 5.73. The molecule has 0 radical (unpaired) electrons. The summed E-state index contributed by atoms with van der Waals surface area (Å²) in [4.78, 5) is 11.3. The normalized spacial score (nSPS) is 13.0. The number of hydrogen-bond donors (Lipinski definition) is 2. The highest BCUT2D eigenvalue weighted by Gasteiger charge is 2.20. The minimum atomic E-state index is -0.793. The maximum absolute atomic E-state index is 11.3. The van der Waals surface area contributed by atoms with Crippen LogP contribution in [-0.2, 0) is 11.3 Å². The van der Waals surface area contributed by atoms with Gasteiger partial charge in [-0.15, -0.1) is 0 Å². The topological polar surface area (TPSA) is 58.6 Å². The number of carboxylic acid groups (broad SMARTS) is 1. The summed E-state index contributed by atoms with van der Waals surface area (Å²) in [5.74, 6) is 0.0363. The van der Waals surface area contributed by atoms with Gasteiger partial charge in [-0.25, -0.2) is 0 Å². The van der Waals surface area contributed by atoms with Gasteiger partial charge in [0, 0.05) is 6.54 Å². The fourth-order valence-corrected chi connectivity index (χ4v) is 2.11. The molecule has 21 heavy (non-hydrogen) atoms. The van der Waals surface area contributed by atoms with Crippen molar-refractivity contribution in [2.24, 2.45) is 5.41 Å². The number of nitrogens with one attached hydrogen (secondary N) is 1. The van der Waals surface area contributed by atoms with Crippen molar-refractivity contribution in [3.05, 3.63) is 29.3 Å². The Kier molecular flexibility index (Phi) is 6.21. The summed E-state index contributed by atoms with van der Waals surface area (Å²) in [5.41, 5.74) is 2.24. The Labute approximate surface area is 127 Å². The Morgan fingerprint density at radius 3 is 2.57 bits per heavy atom. The van der Waals surface area contributed by atoms with E-state index < -0.39 is 12.0 Å². The second-order valence-electron chi connectivity index (χ2n) is 6.68. The quantitative estimate of drug-likeness (QED) is 0.809. The minimum Gasteiger partial charge on any atom is -0.496 e. The van der Waals surface area contributed by atoms with Crippen molar-refractivity contribution in [3.63, 3.8) is 0 Å². The molecule has 0 bridgehead atoms. The summed E-state index contributed by atoms with van der Waals surface area (Å²) in [6, 6.07) is 5.41. The van der Waals surface area contributed by atoms with Gasteiger partial charge in [-0.2, -0.15) is 0 Å². The molecular formula is C17H27NO3. The lowest BCUT2D eigenvalue weighted by Crippen LogP contribution is -2.37. The van der Waals surface area contributed by atoms with E-state index in [4.69, 9.17) is 4.74 Å². The van der Waals surface area contributed by atoms with Crippen LogP contribution in [0.2, 0.25) is 0 Å². The van der Waals surface area contributed by atoms with Crippen LogP contribution in [0.15, 0.2) is 18.2 Å². The van der Waals surface area contributed by atoms with Crippen LogP contribution < -0.4 is 10.1 Å². The van der Waals surface area contributed by atoms with Gasteiger partial charge in [0.1, 0.15) is 11.8 Å². The molecule has 0 amide bonds. The average molecular weight is 293 g/mol. The molecule has 0 spiro atoms. The van der Waals surface area contributed by atoms with Crippen molar-refractivity contribution < 1.29 is 14.6 Å². The summed E-state index contributed by atoms with van der Waals surface area (Å²) in [7, 11) is 1.64. The lowest BCUT2D eigenvalue weighted by Gasteiger charge is -2.21. The Balaban J connectivity index is 2.63. The number of carboxylic acids is 1. The smallest absolute Gasteiger partial charge is 0.320 e. The van der Waals surface area contributed by atoms with Crippen molar-refractivity contribution in [2.75, 3.05) is 7.11 Å². The number of ether oxygens (including phenoxy) is 1. The van der Waals surface area contributed by atoms with Crippen molar-refractivity contribution >= 4 is 5.97 Å². The lowest BCUT2D eigenvalue weighted by atomic mass is 9.88. The molecule has 0 fully saturated rings. The first-order valence-corrected chi connectivity index (χ1v) is 7.32. The van der Waals surface area contributed by atoms with Crippen LogP contribution in [0.1, 0.15) is 44.7 Å². The van der Waals surface area contributed by atoms with Crippen LogP contribution in [0.25, 0.3) is 0 Å². The van der Waals surface area contributed by atoms with Gasteiger partial charge in [0.25, 0.3) is 0 Å². The molecule has 4 nitrogen and oxygen atoms in total. The molecule has 0 aliphatic rings. The van der Waals surface area contributed by atoms with Gasteiger partial charge in [-0.05, 0) is 42.4 Å². The van der Waals surface area contributed by atoms with Crippen molar-refractivity contribution in [2.45, 2.75) is 53.1 Å². The predicted molar refractivity (Wildman–Crippen MR) is 84.7 cm³/mol. The Hall–Kier alpha value is -1.55. The monoisotopic (exact) mass is 293 g/mol. The molecule has 1 atom stereocenters. The third-order valence-electron chi connectivity index (χ3n) is 3.51. The van der Waals surface area contributed by atoms with Gasteiger partial charge in [0.2, 0.25) is 0 Å². The van der Waals surface area contributed by atoms with Gasteiger partial charge < -0.3 is 15.2 Å². The first-order valence-electron chi connectivity index (χ1n) is 7.32. The number of carbonyl (C=O) groups is 1. The van der Waals surface area contributed by atoms with Gasteiger partial charge in [-0.1, -0.05) is 32.9 Å². The second kappa shape index (κ2) is 7.46. The van der Waals surface area contributed by atoms with Crippen LogP contribution in [0.4, 0.5) is 0 Å². The molecule has 0 saturated carbocycles. The van der Waals surface area contributed by atoms with Crippen LogP contribution in [0.3, 0.4) is 0 Å². The molecule has 1 aromatic carbocycles. The van der Waals surface area contributed by atoms with E-state index in [9.17, 15) is 9.90 Å². The zero-order chi connectivity index (χ0) is 16.0. The molecule has 0 aromatic heterocycles. The number of methoxy groups -OCH3 is 1. The number of benzene rings is 1. The molecule has 0 heterocycles. The van der Waals surface area contributed by atoms with Crippen LogP contribution >= 0.6 is 0 Å². The maximum Gasteiger partial charge on any atom is 0.320 e. The van der Waals surface area contributed by atoms with E-state index in [1.54, 1.807) is 7.11 Å². The zero-order valence-electron chi connectivity index (χ0n) is 13.7. The molecule has 0 aliphatic carbocycles. The number of hydrogen-bond acceptors (Lipinski definition) is 3. The van der Waals surface area contributed by atoms with Crippen LogP contribution in [0.5, 0.6) is 5.75 Å². The molecule has 1 aromatic rings. The number of aryl methyl sites for hydroxylation is 1. The van der Waals surface area contributed by atoms with E-state index in [1.165, 1.54) is 0 Å². The minimum absolute atomic E-state index is 0.141. The molecule has 2 N–H and O–H groups in total. The molecule has 118 valence electrons. The summed E-state index contributed by atoms with van der Waals surface area (Å²) < 4.78 is 5.29. The molecule has 0 unspecified atom stereocenters. The maximum atomic E-state index is 11.3. The van der Waals surface area contributed by atoms with Crippen molar-refractivity contribution in [1.82, 2.24) is 5.32 Å². The highest BCUT2D eigenvalue weighted by Crippen LogP contribution is 2.22. The first kappa shape index (κ1) is 17.5. The fourth-order valence-electron chi connectivity index (χ4n) is 2.11. The predicted octanol–water partition coefficient (Wildman–Crippen LogP) is 3.37. The van der Waals surface area contributed by atoms with Crippen LogP contribution in [-0.4, -0.2) is 24.2 Å². The Morgan fingerprint density at radius 2 is 2.05 bits per heavy atom. The summed E-state index contributed by atoms with van der Waals surface area (Å²) in [5, 5.41) is 12.4. The molecule has 1 rings (SSSR count). The third kappa shape index (κ3) is 6.17. The highest BCUT2D eigenvalue weighted by atomic mass is 16.5. The van der Waals surface area contributed by atoms with E-state index in [0.29, 0.717) is 13.0 Å². The summed E-state index contributed by atoms with van der Waals surface area (Å²) >= 11 is 0. The Morgan fingerprint density at radius 1 is 1.38 bits per heavy atom. The van der Waals surface area contributed by atoms with Gasteiger partial charge in [-0.3, -0.25) is 4.79 Å². The SMILES string of the molecule is COc1cc(CN[C@@H](CCC(C)(C)C)C(=O)O)ccc1C. The van der Waals surface area contributed by atoms with Gasteiger partial charge in [0.15, 0.2) is 0 Å². The van der Waals surface area contributed by atoms with E-state index in [1.807, 2.05) is 25.1 Å². The number of aliphatic carboxylic acids is 1. The lowest BCUT2D eigenvalue weighted by molar-refractivity contribution is -0.139. The van der Waals surface area contributed by atoms with E-state index >= 15 is 0 Å².